The summed E-state index contributed by atoms with van der Waals surface area (Å²) < 4.78 is 5.07. The van der Waals surface area contributed by atoms with E-state index in [4.69, 9.17) is 21.1 Å². The lowest BCUT2D eigenvalue weighted by Gasteiger charge is -2.22. The number of amides is 3. The molecule has 0 atom stereocenters. The van der Waals surface area contributed by atoms with Crippen molar-refractivity contribution in [1.29, 1.82) is 0 Å². The summed E-state index contributed by atoms with van der Waals surface area (Å²) in [6.45, 7) is 1.62. The number of nitrogens with one attached hydrogen (secondary N) is 1. The molecule has 0 spiro atoms. The number of rotatable bonds is 3. The van der Waals surface area contributed by atoms with Gasteiger partial charge in [0.1, 0.15) is 0 Å². The van der Waals surface area contributed by atoms with Crippen molar-refractivity contribution in [3.05, 3.63) is 52.9 Å². The van der Waals surface area contributed by atoms with Crippen molar-refractivity contribution in [2.24, 2.45) is 0 Å². The van der Waals surface area contributed by atoms with Crippen LogP contribution in [-0.4, -0.2) is 59.0 Å². The molecular formula is C18H18ClN3O5. The highest BCUT2D eigenvalue weighted by atomic mass is 35.5. The minimum atomic E-state index is -1.23. The van der Waals surface area contributed by atoms with Crippen LogP contribution in [-0.2, 0) is 0 Å². The third-order valence-electron chi connectivity index (χ3n) is 4.17. The molecule has 3 amide bonds. The molecule has 0 unspecified atom stereocenters. The molecule has 0 bridgehead atoms. The van der Waals surface area contributed by atoms with Gasteiger partial charge in [0, 0.05) is 36.9 Å². The van der Waals surface area contributed by atoms with Crippen molar-refractivity contribution in [2.45, 2.75) is 6.42 Å². The Labute approximate surface area is 160 Å². The highest BCUT2D eigenvalue weighted by molar-refractivity contribution is 6.30. The van der Waals surface area contributed by atoms with Crippen LogP contribution < -0.4 is 5.32 Å². The van der Waals surface area contributed by atoms with Crippen molar-refractivity contribution in [3.8, 4) is 0 Å². The summed E-state index contributed by atoms with van der Waals surface area (Å²) >= 11 is 5.92. The summed E-state index contributed by atoms with van der Waals surface area (Å²) in [5.41, 5.74) is 0.599. The van der Waals surface area contributed by atoms with Gasteiger partial charge in [0.25, 0.3) is 5.91 Å². The standard InChI is InChI=1S/C18H18ClN3O5/c19-12-3-1-4-13(11-12)20-18(26)22-8-2-7-21(9-10-22)16(23)14-5-6-15(27-14)17(24)25/h1,3-6,11H,2,7-10H2,(H,20,26)(H,24,25). The third kappa shape index (κ3) is 4.59. The lowest BCUT2D eigenvalue weighted by molar-refractivity contribution is 0.0650. The van der Waals surface area contributed by atoms with Crippen molar-refractivity contribution in [1.82, 2.24) is 9.80 Å². The average molecular weight is 392 g/mol. The molecule has 142 valence electrons. The summed E-state index contributed by atoms with van der Waals surface area (Å²) in [5.74, 6) is -1.92. The number of anilines is 1. The molecule has 1 fully saturated rings. The normalized spacial score (nSPS) is 14.6. The number of carbonyl (C=O) groups excluding carboxylic acids is 2. The van der Waals surface area contributed by atoms with Crippen LogP contribution in [0.2, 0.25) is 5.02 Å². The van der Waals surface area contributed by atoms with Crippen LogP contribution in [0.1, 0.15) is 27.5 Å². The number of carbonyl (C=O) groups is 3. The highest BCUT2D eigenvalue weighted by Gasteiger charge is 2.25. The first-order valence-corrected chi connectivity index (χ1v) is 8.76. The van der Waals surface area contributed by atoms with Crippen LogP contribution in [0.25, 0.3) is 0 Å². The van der Waals surface area contributed by atoms with Gasteiger partial charge in [-0.15, -0.1) is 0 Å². The molecule has 0 radical (unpaired) electrons. The number of nitrogens with zero attached hydrogens (tertiary/aromatic N) is 2. The van der Waals surface area contributed by atoms with E-state index in [0.717, 1.165) is 0 Å². The first-order valence-electron chi connectivity index (χ1n) is 8.38. The zero-order chi connectivity index (χ0) is 19.4. The Bertz CT molecular complexity index is 866. The molecule has 8 nitrogen and oxygen atoms in total. The maximum absolute atomic E-state index is 12.5. The Kier molecular flexibility index (Phi) is 5.66. The molecule has 3 rings (SSSR count). The monoisotopic (exact) mass is 391 g/mol. The minimum Gasteiger partial charge on any atom is -0.475 e. The van der Waals surface area contributed by atoms with Gasteiger partial charge in [0.2, 0.25) is 5.76 Å². The number of carboxylic acids is 1. The lowest BCUT2D eigenvalue weighted by atomic mass is 10.3. The molecule has 0 aliphatic carbocycles. The Balaban J connectivity index is 1.60. The molecule has 9 heteroatoms. The smallest absolute Gasteiger partial charge is 0.371 e. The predicted octanol–water partition coefficient (Wildman–Crippen LogP) is 3.01. The number of hydrogen-bond donors (Lipinski definition) is 2. The van der Waals surface area contributed by atoms with E-state index in [2.05, 4.69) is 5.32 Å². The van der Waals surface area contributed by atoms with Crippen molar-refractivity contribution in [2.75, 3.05) is 31.5 Å². The predicted molar refractivity (Wildman–Crippen MR) is 98.2 cm³/mol. The number of hydrogen-bond acceptors (Lipinski definition) is 4. The van der Waals surface area contributed by atoms with Crippen LogP contribution >= 0.6 is 11.6 Å². The van der Waals surface area contributed by atoms with Gasteiger partial charge in [-0.2, -0.15) is 0 Å². The van der Waals surface area contributed by atoms with E-state index in [1.54, 1.807) is 34.1 Å². The summed E-state index contributed by atoms with van der Waals surface area (Å²) in [5, 5.41) is 12.2. The number of carboxylic acid groups (broad SMARTS) is 1. The van der Waals surface area contributed by atoms with E-state index in [1.165, 1.54) is 12.1 Å². The maximum atomic E-state index is 12.5. The molecule has 27 heavy (non-hydrogen) atoms. The fourth-order valence-electron chi connectivity index (χ4n) is 2.82. The van der Waals surface area contributed by atoms with E-state index in [0.29, 0.717) is 43.3 Å². The first-order chi connectivity index (χ1) is 12.9. The fraction of sp³-hybridized carbons (Fsp3) is 0.278. The van der Waals surface area contributed by atoms with Crippen molar-refractivity contribution >= 4 is 35.2 Å². The lowest BCUT2D eigenvalue weighted by Crippen LogP contribution is -2.39. The Morgan fingerprint density at radius 1 is 1.00 bits per heavy atom. The van der Waals surface area contributed by atoms with E-state index in [1.807, 2.05) is 0 Å². The minimum absolute atomic E-state index is 0.0239. The summed E-state index contributed by atoms with van der Waals surface area (Å²) in [6, 6.07) is 9.20. The van der Waals surface area contributed by atoms with Crippen LogP contribution in [0.5, 0.6) is 0 Å². The van der Waals surface area contributed by atoms with E-state index < -0.39 is 5.97 Å². The van der Waals surface area contributed by atoms with Crippen LogP contribution in [0, 0.1) is 0 Å². The Morgan fingerprint density at radius 3 is 2.41 bits per heavy atom. The van der Waals surface area contributed by atoms with Gasteiger partial charge in [-0.1, -0.05) is 17.7 Å². The highest BCUT2D eigenvalue weighted by Crippen LogP contribution is 2.17. The molecule has 1 aromatic heterocycles. The van der Waals surface area contributed by atoms with E-state index in [9.17, 15) is 14.4 Å². The molecule has 2 heterocycles. The van der Waals surface area contributed by atoms with Gasteiger partial charge < -0.3 is 24.6 Å². The molecular weight excluding hydrogens is 374 g/mol. The SMILES string of the molecule is O=C(O)c1ccc(C(=O)N2CCCN(C(=O)Nc3cccc(Cl)c3)CC2)o1. The second kappa shape index (κ2) is 8.13. The largest absolute Gasteiger partial charge is 0.475 e. The van der Waals surface area contributed by atoms with Gasteiger partial charge in [-0.05, 0) is 36.8 Å². The number of furan rings is 1. The first kappa shape index (κ1) is 18.8. The molecule has 1 saturated heterocycles. The zero-order valence-electron chi connectivity index (χ0n) is 14.4. The number of aromatic carboxylic acids is 1. The van der Waals surface area contributed by atoms with Crippen molar-refractivity contribution in [3.63, 3.8) is 0 Å². The third-order valence-corrected chi connectivity index (χ3v) is 4.41. The van der Waals surface area contributed by atoms with Crippen LogP contribution in [0.3, 0.4) is 0 Å². The van der Waals surface area contributed by atoms with E-state index in [-0.39, 0.29) is 23.5 Å². The maximum Gasteiger partial charge on any atom is 0.371 e. The van der Waals surface area contributed by atoms with Gasteiger partial charge in [-0.3, -0.25) is 4.79 Å². The fourth-order valence-corrected chi connectivity index (χ4v) is 3.01. The quantitative estimate of drug-likeness (QED) is 0.837. The van der Waals surface area contributed by atoms with Gasteiger partial charge in [-0.25, -0.2) is 9.59 Å². The van der Waals surface area contributed by atoms with Crippen LogP contribution in [0.15, 0.2) is 40.8 Å². The molecule has 1 aliphatic heterocycles. The summed E-state index contributed by atoms with van der Waals surface area (Å²) in [4.78, 5) is 39.0. The summed E-state index contributed by atoms with van der Waals surface area (Å²) in [7, 11) is 0. The molecule has 2 aromatic rings. The Morgan fingerprint density at radius 2 is 1.70 bits per heavy atom. The van der Waals surface area contributed by atoms with Crippen molar-refractivity contribution < 1.29 is 23.9 Å². The van der Waals surface area contributed by atoms with Gasteiger partial charge >= 0.3 is 12.0 Å². The molecule has 1 aliphatic rings. The molecule has 0 saturated carbocycles. The number of urea groups is 1. The zero-order valence-corrected chi connectivity index (χ0v) is 15.1. The van der Waals surface area contributed by atoms with Gasteiger partial charge in [0.05, 0.1) is 0 Å². The van der Waals surface area contributed by atoms with Gasteiger partial charge in [0.15, 0.2) is 5.76 Å². The van der Waals surface area contributed by atoms with Crippen LogP contribution in [0.4, 0.5) is 10.5 Å². The molecule has 1 aromatic carbocycles. The molecule has 2 N–H and O–H groups in total. The number of halogens is 1. The second-order valence-corrected chi connectivity index (χ2v) is 6.48. The summed E-state index contributed by atoms with van der Waals surface area (Å²) in [6.07, 6.45) is 0.598. The average Bonchev–Trinajstić information content (AvgIpc) is 2.99. The number of benzene rings is 1. The topological polar surface area (TPSA) is 103 Å². The second-order valence-electron chi connectivity index (χ2n) is 6.04. The van der Waals surface area contributed by atoms with E-state index >= 15 is 0 Å². The Hall–Kier alpha value is -3.00.